The Morgan fingerprint density at radius 3 is 2.60 bits per heavy atom. The second-order valence-electron chi connectivity index (χ2n) is 4.85. The van der Waals surface area contributed by atoms with Crippen molar-refractivity contribution >= 4 is 22.8 Å². The van der Waals surface area contributed by atoms with Gasteiger partial charge in [-0.1, -0.05) is 6.92 Å². The van der Waals surface area contributed by atoms with Gasteiger partial charge in [-0.05, 0) is 31.2 Å². The minimum Gasteiger partial charge on any atom is -0.272 e. The highest BCUT2D eigenvalue weighted by Crippen LogP contribution is 2.29. The molecule has 8 heteroatoms. The Hall–Kier alpha value is -2.51. The summed E-state index contributed by atoms with van der Waals surface area (Å²) in [7, 11) is 0. The molecule has 1 fully saturated rings. The van der Waals surface area contributed by atoms with E-state index < -0.39 is 9.85 Å². The third-order valence-corrected chi connectivity index (χ3v) is 3.23. The second-order valence-corrected chi connectivity index (χ2v) is 4.85. The molecule has 0 aliphatic heterocycles. The van der Waals surface area contributed by atoms with Crippen LogP contribution >= 0.6 is 0 Å². The van der Waals surface area contributed by atoms with Crippen molar-refractivity contribution in [1.29, 1.82) is 0 Å². The Morgan fingerprint density at radius 2 is 2.05 bits per heavy atom. The molecule has 20 heavy (non-hydrogen) atoms. The normalized spacial score (nSPS) is 20.1. The number of hydrogen-bond acceptors (Lipinski definition) is 6. The number of anilines is 1. The number of nitro benzene ring substituents is 2. The Morgan fingerprint density at radius 1 is 1.30 bits per heavy atom. The zero-order valence-electron chi connectivity index (χ0n) is 10.9. The molecule has 1 aliphatic carbocycles. The fourth-order valence-corrected chi connectivity index (χ4v) is 2.14. The Bertz CT molecular complexity index is 585. The second kappa shape index (κ2) is 5.64. The minimum atomic E-state index is -0.665. The SMILES string of the molecule is CC1CC/C(=N/Nc2ccc([N+](=O)[O-])cc2[N+](=O)[O-])C1. The maximum Gasteiger partial charge on any atom is 0.301 e. The van der Waals surface area contributed by atoms with Crippen LogP contribution in [-0.4, -0.2) is 15.6 Å². The number of nitrogens with one attached hydrogen (secondary N) is 1. The molecule has 1 atom stereocenters. The van der Waals surface area contributed by atoms with Gasteiger partial charge in [-0.15, -0.1) is 0 Å². The monoisotopic (exact) mass is 278 g/mol. The number of non-ortho nitro benzene ring substituents is 1. The van der Waals surface area contributed by atoms with Crippen LogP contribution in [0.2, 0.25) is 0 Å². The largest absolute Gasteiger partial charge is 0.301 e. The van der Waals surface area contributed by atoms with E-state index in [9.17, 15) is 20.2 Å². The molecule has 1 aliphatic rings. The van der Waals surface area contributed by atoms with Crippen LogP contribution in [0.1, 0.15) is 26.2 Å². The molecule has 1 aromatic carbocycles. The molecule has 0 saturated heterocycles. The quantitative estimate of drug-likeness (QED) is 0.672. The average molecular weight is 278 g/mol. The van der Waals surface area contributed by atoms with Crippen LogP contribution in [0, 0.1) is 26.1 Å². The van der Waals surface area contributed by atoms with Gasteiger partial charge in [0.25, 0.3) is 5.69 Å². The number of hydrogen-bond donors (Lipinski definition) is 1. The summed E-state index contributed by atoms with van der Waals surface area (Å²) in [5.41, 5.74) is 3.10. The summed E-state index contributed by atoms with van der Waals surface area (Å²) in [6, 6.07) is 3.45. The van der Waals surface area contributed by atoms with Crippen molar-refractivity contribution in [3.8, 4) is 0 Å². The number of benzene rings is 1. The van der Waals surface area contributed by atoms with Crippen molar-refractivity contribution < 1.29 is 9.85 Å². The van der Waals surface area contributed by atoms with Crippen molar-refractivity contribution in [2.45, 2.75) is 26.2 Å². The first-order valence-electron chi connectivity index (χ1n) is 6.21. The minimum absolute atomic E-state index is 0.160. The van der Waals surface area contributed by atoms with Crippen LogP contribution in [0.25, 0.3) is 0 Å². The van der Waals surface area contributed by atoms with E-state index in [-0.39, 0.29) is 17.1 Å². The molecule has 0 aromatic heterocycles. The van der Waals surface area contributed by atoms with E-state index in [0.29, 0.717) is 5.92 Å². The lowest BCUT2D eigenvalue weighted by Crippen LogP contribution is -2.01. The molecule has 8 nitrogen and oxygen atoms in total. The first-order valence-corrected chi connectivity index (χ1v) is 6.21. The standard InChI is InChI=1S/C12H14N4O4/c1-8-2-3-9(6-8)13-14-11-5-4-10(15(17)18)7-12(11)16(19)20/h4-5,7-8,14H,2-3,6H2,1H3/b13-9-. The molecule has 0 bridgehead atoms. The van der Waals surface area contributed by atoms with Crippen molar-refractivity contribution in [1.82, 2.24) is 0 Å². The Balaban J connectivity index is 2.23. The highest BCUT2D eigenvalue weighted by molar-refractivity contribution is 5.87. The molecule has 1 saturated carbocycles. The van der Waals surface area contributed by atoms with E-state index in [4.69, 9.17) is 0 Å². The molecular formula is C12H14N4O4. The van der Waals surface area contributed by atoms with Crippen molar-refractivity contribution in [2.24, 2.45) is 11.0 Å². The van der Waals surface area contributed by atoms with Gasteiger partial charge in [-0.25, -0.2) is 0 Å². The molecule has 1 N–H and O–H groups in total. The molecule has 106 valence electrons. The summed E-state index contributed by atoms with van der Waals surface area (Å²) in [6.07, 6.45) is 2.80. The van der Waals surface area contributed by atoms with Crippen LogP contribution in [-0.2, 0) is 0 Å². The predicted octanol–water partition coefficient (Wildman–Crippen LogP) is 3.09. The van der Waals surface area contributed by atoms with E-state index in [1.54, 1.807) is 0 Å². The van der Waals surface area contributed by atoms with E-state index in [1.807, 2.05) is 0 Å². The van der Waals surface area contributed by atoms with Crippen LogP contribution < -0.4 is 5.43 Å². The summed E-state index contributed by atoms with van der Waals surface area (Å²) in [5, 5.41) is 25.7. The summed E-state index contributed by atoms with van der Waals surface area (Å²) in [6.45, 7) is 2.12. The van der Waals surface area contributed by atoms with E-state index in [1.165, 1.54) is 12.1 Å². The summed E-state index contributed by atoms with van der Waals surface area (Å²) in [5.74, 6) is 0.572. The topological polar surface area (TPSA) is 111 Å². The summed E-state index contributed by atoms with van der Waals surface area (Å²) < 4.78 is 0. The van der Waals surface area contributed by atoms with E-state index >= 15 is 0 Å². The zero-order chi connectivity index (χ0) is 14.7. The fourth-order valence-electron chi connectivity index (χ4n) is 2.14. The summed E-state index contributed by atoms with van der Waals surface area (Å²) in [4.78, 5) is 20.2. The van der Waals surface area contributed by atoms with Crippen LogP contribution in [0.4, 0.5) is 17.1 Å². The average Bonchev–Trinajstić information content (AvgIpc) is 2.81. The van der Waals surface area contributed by atoms with E-state index in [2.05, 4.69) is 17.5 Å². The zero-order valence-corrected chi connectivity index (χ0v) is 10.9. The van der Waals surface area contributed by atoms with Gasteiger partial charge in [0.1, 0.15) is 5.69 Å². The number of nitrogens with zero attached hydrogens (tertiary/aromatic N) is 3. The van der Waals surface area contributed by atoms with E-state index in [0.717, 1.165) is 31.0 Å². The molecular weight excluding hydrogens is 264 g/mol. The molecule has 2 rings (SSSR count). The van der Waals surface area contributed by atoms with Gasteiger partial charge in [-0.2, -0.15) is 5.10 Å². The molecule has 1 unspecified atom stereocenters. The van der Waals surface area contributed by atoms with Crippen molar-refractivity contribution in [2.75, 3.05) is 5.43 Å². The first-order chi connectivity index (χ1) is 9.47. The smallest absolute Gasteiger partial charge is 0.272 e. The maximum atomic E-state index is 10.9. The van der Waals surface area contributed by atoms with Gasteiger partial charge < -0.3 is 0 Å². The highest BCUT2D eigenvalue weighted by atomic mass is 16.6. The van der Waals surface area contributed by atoms with Crippen LogP contribution in [0.3, 0.4) is 0 Å². The fraction of sp³-hybridized carbons (Fsp3) is 0.417. The Labute approximate surface area is 114 Å². The van der Waals surface area contributed by atoms with Crippen molar-refractivity contribution in [3.63, 3.8) is 0 Å². The number of hydrazone groups is 1. The molecule has 0 spiro atoms. The van der Waals surface area contributed by atoms with Crippen molar-refractivity contribution in [3.05, 3.63) is 38.4 Å². The third-order valence-electron chi connectivity index (χ3n) is 3.23. The maximum absolute atomic E-state index is 10.9. The molecule has 1 aromatic rings. The molecule has 0 heterocycles. The van der Waals surface area contributed by atoms with Gasteiger partial charge in [0, 0.05) is 11.8 Å². The third kappa shape index (κ3) is 3.08. The highest BCUT2D eigenvalue weighted by Gasteiger charge is 2.20. The van der Waals surface area contributed by atoms with Crippen LogP contribution in [0.5, 0.6) is 0 Å². The van der Waals surface area contributed by atoms with Gasteiger partial charge in [0.15, 0.2) is 0 Å². The predicted molar refractivity (Wildman–Crippen MR) is 73.8 cm³/mol. The Kier molecular flexibility index (Phi) is 3.92. The van der Waals surface area contributed by atoms with Crippen LogP contribution in [0.15, 0.2) is 23.3 Å². The number of rotatable bonds is 4. The lowest BCUT2D eigenvalue weighted by molar-refractivity contribution is -0.393. The lowest BCUT2D eigenvalue weighted by Gasteiger charge is -2.03. The first kappa shape index (κ1) is 13.9. The van der Waals surface area contributed by atoms with Gasteiger partial charge in [0.2, 0.25) is 0 Å². The summed E-state index contributed by atoms with van der Waals surface area (Å²) >= 11 is 0. The number of nitro groups is 2. The lowest BCUT2D eigenvalue weighted by atomic mass is 10.1. The molecule has 0 radical (unpaired) electrons. The molecule has 0 amide bonds. The van der Waals surface area contributed by atoms with Gasteiger partial charge in [0.05, 0.1) is 15.9 Å². The van der Waals surface area contributed by atoms with Gasteiger partial charge in [-0.3, -0.25) is 25.7 Å². The van der Waals surface area contributed by atoms with Gasteiger partial charge >= 0.3 is 5.69 Å².